The molecule has 0 heterocycles. The summed E-state index contributed by atoms with van der Waals surface area (Å²) in [5.41, 5.74) is 6.89. The smallest absolute Gasteiger partial charge is 0.258 e. The van der Waals surface area contributed by atoms with Crippen LogP contribution in [0.5, 0.6) is 5.75 Å². The average Bonchev–Trinajstić information content (AvgIpc) is 2.36. The van der Waals surface area contributed by atoms with E-state index in [4.69, 9.17) is 10.5 Å². The molecule has 0 bridgehead atoms. The zero-order valence-electron chi connectivity index (χ0n) is 12.8. The van der Waals surface area contributed by atoms with Gasteiger partial charge in [0, 0.05) is 12.1 Å². The van der Waals surface area contributed by atoms with Crippen molar-refractivity contribution >= 4 is 5.91 Å². The molecule has 2 unspecified atom stereocenters. The van der Waals surface area contributed by atoms with E-state index in [0.29, 0.717) is 11.7 Å². The highest BCUT2D eigenvalue weighted by molar-refractivity contribution is 5.77. The zero-order chi connectivity index (χ0) is 15.1. The van der Waals surface area contributed by atoms with Crippen LogP contribution < -0.4 is 15.8 Å². The van der Waals surface area contributed by atoms with Gasteiger partial charge in [-0.15, -0.1) is 0 Å². The first-order valence-electron chi connectivity index (χ1n) is 7.15. The van der Waals surface area contributed by atoms with E-state index in [-0.39, 0.29) is 24.6 Å². The fourth-order valence-electron chi connectivity index (χ4n) is 1.75. The van der Waals surface area contributed by atoms with Crippen molar-refractivity contribution in [3.63, 3.8) is 0 Å². The minimum absolute atomic E-state index is 0.0404. The number of carbonyl (C=O) groups is 1. The van der Waals surface area contributed by atoms with Gasteiger partial charge < -0.3 is 15.8 Å². The predicted molar refractivity (Wildman–Crippen MR) is 81.7 cm³/mol. The third kappa shape index (κ3) is 6.06. The summed E-state index contributed by atoms with van der Waals surface area (Å²) in [7, 11) is 0. The second kappa shape index (κ2) is 7.90. The van der Waals surface area contributed by atoms with Crippen LogP contribution in [0.4, 0.5) is 0 Å². The zero-order valence-corrected chi connectivity index (χ0v) is 12.8. The predicted octanol–water partition coefficient (Wildman–Crippen LogP) is 2.12. The molecule has 3 N–H and O–H groups in total. The van der Waals surface area contributed by atoms with Gasteiger partial charge in [0.2, 0.25) is 0 Å². The molecule has 0 fully saturated rings. The summed E-state index contributed by atoms with van der Waals surface area (Å²) in [4.78, 5) is 11.7. The van der Waals surface area contributed by atoms with Gasteiger partial charge in [0.1, 0.15) is 5.75 Å². The highest BCUT2D eigenvalue weighted by Gasteiger charge is 2.11. The van der Waals surface area contributed by atoms with Crippen LogP contribution >= 0.6 is 0 Å². The molecular formula is C16H26N2O2. The van der Waals surface area contributed by atoms with Crippen LogP contribution in [0.2, 0.25) is 0 Å². The number of nitrogens with two attached hydrogens (primary N) is 1. The number of ether oxygens (including phenoxy) is 1. The monoisotopic (exact) mass is 278 g/mol. The maximum atomic E-state index is 11.7. The molecule has 0 aromatic heterocycles. The lowest BCUT2D eigenvalue weighted by Crippen LogP contribution is -2.38. The van der Waals surface area contributed by atoms with Gasteiger partial charge in [0.25, 0.3) is 5.91 Å². The largest absolute Gasteiger partial charge is 0.484 e. The number of amides is 1. The summed E-state index contributed by atoms with van der Waals surface area (Å²) in [5.74, 6) is 1.02. The van der Waals surface area contributed by atoms with Crippen molar-refractivity contribution in [3.05, 3.63) is 29.8 Å². The van der Waals surface area contributed by atoms with Crippen LogP contribution in [-0.2, 0) is 11.2 Å². The Balaban J connectivity index is 2.47. The molecule has 0 saturated heterocycles. The van der Waals surface area contributed by atoms with E-state index in [1.165, 1.54) is 0 Å². The third-order valence-corrected chi connectivity index (χ3v) is 3.21. The molecule has 1 aromatic carbocycles. The standard InChI is InChI=1S/C16H26N2O2/c1-11(2)13(4)18-16(19)10-20-15-7-5-6-14(9-15)8-12(3)17/h5-7,9,11-13H,8,10,17H2,1-4H3,(H,18,19). The molecule has 0 radical (unpaired) electrons. The van der Waals surface area contributed by atoms with Crippen molar-refractivity contribution in [2.75, 3.05) is 6.61 Å². The van der Waals surface area contributed by atoms with Gasteiger partial charge >= 0.3 is 0 Å². The fourth-order valence-corrected chi connectivity index (χ4v) is 1.75. The number of carbonyl (C=O) groups excluding carboxylic acids is 1. The number of hydrogen-bond acceptors (Lipinski definition) is 3. The van der Waals surface area contributed by atoms with Gasteiger partial charge in [-0.2, -0.15) is 0 Å². The molecule has 112 valence electrons. The summed E-state index contributed by atoms with van der Waals surface area (Å²) in [6, 6.07) is 7.97. The first-order valence-corrected chi connectivity index (χ1v) is 7.15. The molecule has 4 nitrogen and oxygen atoms in total. The minimum atomic E-state index is -0.0937. The van der Waals surface area contributed by atoms with Gasteiger partial charge in [0.05, 0.1) is 0 Å². The lowest BCUT2D eigenvalue weighted by Gasteiger charge is -2.17. The Kier molecular flexibility index (Phi) is 6.52. The van der Waals surface area contributed by atoms with Crippen LogP contribution in [0.25, 0.3) is 0 Å². The van der Waals surface area contributed by atoms with Crippen LogP contribution in [0, 0.1) is 5.92 Å². The van der Waals surface area contributed by atoms with Gasteiger partial charge in [-0.05, 0) is 43.9 Å². The number of rotatable bonds is 7. The van der Waals surface area contributed by atoms with E-state index < -0.39 is 0 Å². The molecular weight excluding hydrogens is 252 g/mol. The SMILES string of the molecule is CC(N)Cc1cccc(OCC(=O)NC(C)C(C)C)c1. The normalized spacial score (nSPS) is 13.9. The summed E-state index contributed by atoms with van der Waals surface area (Å²) in [5, 5.41) is 2.91. The fraction of sp³-hybridized carbons (Fsp3) is 0.562. The maximum absolute atomic E-state index is 11.7. The Hall–Kier alpha value is -1.55. The number of nitrogens with one attached hydrogen (secondary N) is 1. The lowest BCUT2D eigenvalue weighted by molar-refractivity contribution is -0.124. The van der Waals surface area contributed by atoms with Crippen LogP contribution in [0.3, 0.4) is 0 Å². The summed E-state index contributed by atoms with van der Waals surface area (Å²) in [6.07, 6.45) is 0.799. The molecule has 1 aromatic rings. The molecule has 0 saturated carbocycles. The lowest BCUT2D eigenvalue weighted by atomic mass is 10.1. The summed E-state index contributed by atoms with van der Waals surface area (Å²) < 4.78 is 5.52. The van der Waals surface area contributed by atoms with Gasteiger partial charge in [-0.25, -0.2) is 0 Å². The van der Waals surface area contributed by atoms with E-state index >= 15 is 0 Å². The highest BCUT2D eigenvalue weighted by atomic mass is 16.5. The topological polar surface area (TPSA) is 64.3 Å². The molecule has 0 aliphatic rings. The molecule has 0 aliphatic carbocycles. The first kappa shape index (κ1) is 16.5. The van der Waals surface area contributed by atoms with Gasteiger partial charge in [0.15, 0.2) is 6.61 Å². The second-order valence-corrected chi connectivity index (χ2v) is 5.72. The Labute approximate surface area is 121 Å². The van der Waals surface area contributed by atoms with Crippen molar-refractivity contribution in [1.29, 1.82) is 0 Å². The van der Waals surface area contributed by atoms with Crippen LogP contribution in [0.1, 0.15) is 33.3 Å². The molecule has 4 heteroatoms. The molecule has 0 spiro atoms. The summed E-state index contributed by atoms with van der Waals surface area (Å²) >= 11 is 0. The van der Waals surface area contributed by atoms with Crippen LogP contribution in [0.15, 0.2) is 24.3 Å². The Bertz CT molecular complexity index is 430. The van der Waals surface area contributed by atoms with E-state index in [1.54, 1.807) is 0 Å². The molecule has 2 atom stereocenters. The van der Waals surface area contributed by atoms with Gasteiger partial charge in [-0.3, -0.25) is 4.79 Å². The highest BCUT2D eigenvalue weighted by Crippen LogP contribution is 2.14. The van der Waals surface area contributed by atoms with Crippen LogP contribution in [-0.4, -0.2) is 24.6 Å². The average molecular weight is 278 g/mol. The van der Waals surface area contributed by atoms with Crippen molar-refractivity contribution < 1.29 is 9.53 Å². The Morgan fingerprint density at radius 1 is 1.30 bits per heavy atom. The van der Waals surface area contributed by atoms with E-state index in [1.807, 2.05) is 38.1 Å². The van der Waals surface area contributed by atoms with Crippen molar-refractivity contribution in [1.82, 2.24) is 5.32 Å². The number of benzene rings is 1. The molecule has 20 heavy (non-hydrogen) atoms. The van der Waals surface area contributed by atoms with E-state index in [2.05, 4.69) is 19.2 Å². The summed E-state index contributed by atoms with van der Waals surface area (Å²) in [6.45, 7) is 8.14. The number of hydrogen-bond donors (Lipinski definition) is 2. The third-order valence-electron chi connectivity index (χ3n) is 3.21. The van der Waals surface area contributed by atoms with Crippen molar-refractivity contribution in [3.8, 4) is 5.75 Å². The van der Waals surface area contributed by atoms with Crippen molar-refractivity contribution in [2.24, 2.45) is 11.7 Å². The molecule has 1 amide bonds. The molecule has 0 aliphatic heterocycles. The van der Waals surface area contributed by atoms with E-state index in [9.17, 15) is 4.79 Å². The second-order valence-electron chi connectivity index (χ2n) is 5.72. The van der Waals surface area contributed by atoms with E-state index in [0.717, 1.165) is 12.0 Å². The van der Waals surface area contributed by atoms with Crippen molar-refractivity contribution in [2.45, 2.75) is 46.2 Å². The minimum Gasteiger partial charge on any atom is -0.484 e. The Morgan fingerprint density at radius 3 is 2.60 bits per heavy atom. The maximum Gasteiger partial charge on any atom is 0.258 e. The first-order chi connectivity index (χ1) is 9.38. The van der Waals surface area contributed by atoms with Gasteiger partial charge in [-0.1, -0.05) is 26.0 Å². The molecule has 1 rings (SSSR count). The quantitative estimate of drug-likeness (QED) is 0.803. The Morgan fingerprint density at radius 2 is 2.00 bits per heavy atom.